The molecule has 5 rings (SSSR count). The molecule has 1 saturated heterocycles. The molecule has 9 heteroatoms. The highest BCUT2D eigenvalue weighted by atomic mass is 19.1. The smallest absolute Gasteiger partial charge is 0.219 e. The number of aromatic amines is 1. The predicted octanol–water partition coefficient (Wildman–Crippen LogP) is 3.51. The van der Waals surface area contributed by atoms with Crippen molar-refractivity contribution in [1.82, 2.24) is 29.4 Å². The van der Waals surface area contributed by atoms with Gasteiger partial charge < -0.3 is 14.5 Å². The van der Waals surface area contributed by atoms with E-state index in [-0.39, 0.29) is 17.6 Å². The third-order valence-corrected chi connectivity index (χ3v) is 5.73. The van der Waals surface area contributed by atoms with Gasteiger partial charge in [0.25, 0.3) is 0 Å². The molecular weight excluding hydrogens is 390 g/mol. The van der Waals surface area contributed by atoms with Crippen molar-refractivity contribution in [2.24, 2.45) is 5.92 Å². The molecule has 1 unspecified atom stereocenters. The number of pyridine rings is 1. The van der Waals surface area contributed by atoms with Gasteiger partial charge in [0.2, 0.25) is 5.91 Å². The number of halogens is 2. The summed E-state index contributed by atoms with van der Waals surface area (Å²) in [5.74, 6) is -0.182. The fourth-order valence-electron chi connectivity index (χ4n) is 4.24. The quantitative estimate of drug-likeness (QED) is 0.561. The summed E-state index contributed by atoms with van der Waals surface area (Å²) < 4.78 is 30.0. The van der Waals surface area contributed by atoms with E-state index in [1.54, 1.807) is 17.7 Å². The zero-order valence-electron chi connectivity index (χ0n) is 16.4. The molecule has 1 N–H and O–H groups in total. The second kappa shape index (κ2) is 7.16. The molecule has 7 nitrogen and oxygen atoms in total. The first-order valence-electron chi connectivity index (χ1n) is 9.89. The molecule has 154 valence electrons. The number of nitrogens with zero attached hydrogens (tertiary/aromatic N) is 5. The number of rotatable bonds is 3. The van der Waals surface area contributed by atoms with Crippen molar-refractivity contribution in [3.05, 3.63) is 42.5 Å². The molecule has 1 aliphatic rings. The van der Waals surface area contributed by atoms with E-state index in [0.29, 0.717) is 46.5 Å². The van der Waals surface area contributed by atoms with Gasteiger partial charge in [0.1, 0.15) is 17.1 Å². The van der Waals surface area contributed by atoms with Gasteiger partial charge in [-0.2, -0.15) is 0 Å². The largest absolute Gasteiger partial charge is 0.345 e. The van der Waals surface area contributed by atoms with Crippen LogP contribution in [0, 0.1) is 17.6 Å². The second-order valence-corrected chi connectivity index (χ2v) is 7.79. The summed E-state index contributed by atoms with van der Waals surface area (Å²) >= 11 is 0. The minimum Gasteiger partial charge on any atom is -0.345 e. The number of amides is 1. The van der Waals surface area contributed by atoms with Gasteiger partial charge in [0, 0.05) is 56.1 Å². The van der Waals surface area contributed by atoms with Gasteiger partial charge in [-0.15, -0.1) is 0 Å². The zero-order valence-corrected chi connectivity index (χ0v) is 16.4. The number of aromatic nitrogens is 5. The summed E-state index contributed by atoms with van der Waals surface area (Å²) in [5.41, 5.74) is 1.62. The first kappa shape index (κ1) is 18.7. The third-order valence-electron chi connectivity index (χ3n) is 5.73. The van der Waals surface area contributed by atoms with E-state index in [1.807, 2.05) is 4.90 Å². The molecule has 4 aromatic rings. The van der Waals surface area contributed by atoms with Crippen LogP contribution in [0.4, 0.5) is 8.78 Å². The molecule has 0 aromatic carbocycles. The Bertz CT molecular complexity index is 1260. The fourth-order valence-corrected chi connectivity index (χ4v) is 4.24. The molecule has 5 heterocycles. The average Bonchev–Trinajstić information content (AvgIpc) is 3.28. The summed E-state index contributed by atoms with van der Waals surface area (Å²) in [7, 11) is 0. The van der Waals surface area contributed by atoms with Crippen LogP contribution in [-0.4, -0.2) is 48.4 Å². The van der Waals surface area contributed by atoms with Crippen molar-refractivity contribution < 1.29 is 13.6 Å². The van der Waals surface area contributed by atoms with Crippen LogP contribution in [0.15, 0.2) is 30.9 Å². The number of H-pyrrole nitrogens is 1. The van der Waals surface area contributed by atoms with E-state index in [1.165, 1.54) is 18.5 Å². The molecule has 30 heavy (non-hydrogen) atoms. The fraction of sp³-hybridized carbons (Fsp3) is 0.333. The molecular formula is C21H20F2N6O. The van der Waals surface area contributed by atoms with Gasteiger partial charge in [-0.3, -0.25) is 4.79 Å². The highest BCUT2D eigenvalue weighted by Gasteiger charge is 2.23. The van der Waals surface area contributed by atoms with Crippen molar-refractivity contribution in [3.63, 3.8) is 0 Å². The summed E-state index contributed by atoms with van der Waals surface area (Å²) in [6, 6.07) is 1.37. The lowest BCUT2D eigenvalue weighted by atomic mass is 9.98. The highest BCUT2D eigenvalue weighted by Crippen LogP contribution is 2.28. The van der Waals surface area contributed by atoms with Crippen LogP contribution in [0.1, 0.15) is 19.8 Å². The number of carbonyl (C=O) groups excluding carboxylic acids is 1. The molecule has 1 fully saturated rings. The maximum Gasteiger partial charge on any atom is 0.219 e. The normalized spacial score (nSPS) is 17.2. The molecule has 4 aromatic heterocycles. The van der Waals surface area contributed by atoms with Crippen molar-refractivity contribution >= 4 is 28.0 Å². The van der Waals surface area contributed by atoms with Gasteiger partial charge in [0.05, 0.1) is 11.6 Å². The van der Waals surface area contributed by atoms with Crippen LogP contribution in [-0.2, 0) is 11.3 Å². The first-order valence-corrected chi connectivity index (χ1v) is 9.89. The highest BCUT2D eigenvalue weighted by molar-refractivity contribution is 5.92. The van der Waals surface area contributed by atoms with Crippen LogP contribution in [0.5, 0.6) is 0 Å². The van der Waals surface area contributed by atoms with Crippen LogP contribution >= 0.6 is 0 Å². The molecule has 0 saturated carbocycles. The van der Waals surface area contributed by atoms with Crippen LogP contribution in [0.3, 0.4) is 0 Å². The number of carbonyl (C=O) groups is 1. The van der Waals surface area contributed by atoms with Crippen molar-refractivity contribution in [1.29, 1.82) is 0 Å². The Morgan fingerprint density at radius 1 is 1.27 bits per heavy atom. The van der Waals surface area contributed by atoms with Crippen molar-refractivity contribution in [2.75, 3.05) is 13.1 Å². The lowest BCUT2D eigenvalue weighted by Gasteiger charge is -2.32. The van der Waals surface area contributed by atoms with E-state index in [4.69, 9.17) is 0 Å². The maximum absolute atomic E-state index is 14.5. The Morgan fingerprint density at radius 2 is 2.13 bits per heavy atom. The van der Waals surface area contributed by atoms with Gasteiger partial charge in [-0.1, -0.05) is 0 Å². The first-order chi connectivity index (χ1) is 14.5. The maximum atomic E-state index is 14.5. The van der Waals surface area contributed by atoms with Gasteiger partial charge in [0.15, 0.2) is 11.6 Å². The Hall–Kier alpha value is -3.36. The zero-order chi connectivity index (χ0) is 20.8. The Labute approximate surface area is 170 Å². The number of fused-ring (bicyclic) bond motifs is 2. The predicted molar refractivity (Wildman–Crippen MR) is 108 cm³/mol. The van der Waals surface area contributed by atoms with E-state index >= 15 is 0 Å². The van der Waals surface area contributed by atoms with Gasteiger partial charge >= 0.3 is 0 Å². The van der Waals surface area contributed by atoms with E-state index < -0.39 is 5.82 Å². The van der Waals surface area contributed by atoms with Gasteiger partial charge in [-0.25, -0.2) is 23.7 Å². The molecule has 0 spiro atoms. The molecule has 1 atom stereocenters. The number of likely N-dealkylation sites (tertiary alicyclic amines) is 1. The van der Waals surface area contributed by atoms with Crippen molar-refractivity contribution in [2.45, 2.75) is 26.3 Å². The molecule has 0 aliphatic carbocycles. The summed E-state index contributed by atoms with van der Waals surface area (Å²) in [4.78, 5) is 29.5. The Morgan fingerprint density at radius 3 is 2.97 bits per heavy atom. The second-order valence-electron chi connectivity index (χ2n) is 7.79. The van der Waals surface area contributed by atoms with Crippen molar-refractivity contribution in [3.8, 4) is 11.4 Å². The SMILES string of the molecule is CC(=O)N1CCCC(Cn2cc(F)c3cnc(-c4c[nH]c5ncc(F)cc45)nc32)C1. The number of hydrogen-bond donors (Lipinski definition) is 1. The Balaban J connectivity index is 1.52. The molecule has 1 amide bonds. The van der Waals surface area contributed by atoms with E-state index in [2.05, 4.69) is 19.9 Å². The average molecular weight is 410 g/mol. The molecule has 0 bridgehead atoms. The monoisotopic (exact) mass is 410 g/mol. The van der Waals surface area contributed by atoms with Crippen LogP contribution < -0.4 is 0 Å². The lowest BCUT2D eigenvalue weighted by molar-refractivity contribution is -0.130. The summed E-state index contributed by atoms with van der Waals surface area (Å²) in [5, 5.41) is 0.902. The lowest BCUT2D eigenvalue weighted by Crippen LogP contribution is -2.39. The molecule has 0 radical (unpaired) electrons. The number of nitrogens with one attached hydrogen (secondary N) is 1. The number of piperidine rings is 1. The summed E-state index contributed by atoms with van der Waals surface area (Å²) in [6.07, 6.45) is 7.61. The topological polar surface area (TPSA) is 79.7 Å². The minimum atomic E-state index is -0.453. The molecule has 1 aliphatic heterocycles. The van der Waals surface area contributed by atoms with Crippen LogP contribution in [0.2, 0.25) is 0 Å². The standard InChI is InChI=1S/C21H20F2N6O/c1-12(30)28-4-2-3-13(9-28)10-29-11-18(23)17-8-26-20(27-21(17)29)16-7-25-19-15(16)5-14(22)6-24-19/h5-8,11,13H,2-4,9-10H2,1H3,(H,24,25). The third kappa shape index (κ3) is 3.20. The minimum absolute atomic E-state index is 0.0630. The summed E-state index contributed by atoms with van der Waals surface area (Å²) in [6.45, 7) is 3.56. The van der Waals surface area contributed by atoms with Gasteiger partial charge in [-0.05, 0) is 24.8 Å². The van der Waals surface area contributed by atoms with E-state index in [9.17, 15) is 13.6 Å². The Kier molecular flexibility index (Phi) is 4.45. The number of hydrogen-bond acceptors (Lipinski definition) is 4. The van der Waals surface area contributed by atoms with E-state index in [0.717, 1.165) is 25.6 Å². The van der Waals surface area contributed by atoms with Crippen LogP contribution in [0.25, 0.3) is 33.5 Å².